The molecule has 0 aliphatic rings. The van der Waals surface area contributed by atoms with Gasteiger partial charge in [-0.2, -0.15) is 13.2 Å². The number of aliphatic carboxylic acids is 1. The Morgan fingerprint density at radius 1 is 1.28 bits per heavy atom. The number of pyridine rings is 1. The molecule has 10 heteroatoms. The number of fused-ring (bicyclic) bond motifs is 1. The first-order valence-electron chi connectivity index (χ1n) is 6.66. The van der Waals surface area contributed by atoms with Gasteiger partial charge in [0.1, 0.15) is 11.6 Å². The number of methoxy groups -OCH3 is 1. The van der Waals surface area contributed by atoms with E-state index in [0.29, 0.717) is 5.65 Å². The molecule has 0 spiro atoms. The molecule has 1 aromatic carbocycles. The topological polar surface area (TPSA) is 88.1 Å². The standard InChI is InChI=1S/C13H10BrN3O.C2HF3O2/c1-18-10-4-2-8(3-5-10)12-16-11-6-9(14)7-15-13(11)17-12;3-2(4,5)1(6)7/h2-7H,1H3,(H,15,16,17);(H,6,7). The van der Waals surface area contributed by atoms with Crippen LogP contribution in [0.15, 0.2) is 41.0 Å². The number of ether oxygens (including phenoxy) is 1. The summed E-state index contributed by atoms with van der Waals surface area (Å²) in [7, 11) is 1.65. The Bertz CT molecular complexity index is 879. The van der Waals surface area contributed by atoms with Crippen LogP contribution in [0.5, 0.6) is 5.75 Å². The minimum absolute atomic E-state index is 0.712. The fourth-order valence-corrected chi connectivity index (χ4v) is 2.09. The minimum atomic E-state index is -5.08. The molecule has 0 atom stereocenters. The molecule has 25 heavy (non-hydrogen) atoms. The van der Waals surface area contributed by atoms with E-state index in [0.717, 1.165) is 27.1 Å². The van der Waals surface area contributed by atoms with Gasteiger partial charge < -0.3 is 14.8 Å². The van der Waals surface area contributed by atoms with Gasteiger partial charge in [-0.15, -0.1) is 0 Å². The zero-order valence-electron chi connectivity index (χ0n) is 12.6. The summed E-state index contributed by atoms with van der Waals surface area (Å²) in [6, 6.07) is 9.71. The maximum Gasteiger partial charge on any atom is 0.490 e. The molecule has 0 saturated heterocycles. The van der Waals surface area contributed by atoms with Crippen molar-refractivity contribution < 1.29 is 27.8 Å². The lowest BCUT2D eigenvalue weighted by Crippen LogP contribution is -2.21. The quantitative estimate of drug-likeness (QED) is 0.656. The van der Waals surface area contributed by atoms with Gasteiger partial charge in [0.25, 0.3) is 0 Å². The molecule has 6 nitrogen and oxygen atoms in total. The third-order valence-electron chi connectivity index (χ3n) is 2.91. The summed E-state index contributed by atoms with van der Waals surface area (Å²) in [6.45, 7) is 0. The number of alkyl halides is 3. The number of benzene rings is 1. The molecule has 3 rings (SSSR count). The molecule has 0 aliphatic heterocycles. The highest BCUT2D eigenvalue weighted by atomic mass is 79.9. The smallest absolute Gasteiger partial charge is 0.490 e. The van der Waals surface area contributed by atoms with Gasteiger partial charge in [-0.05, 0) is 46.3 Å². The van der Waals surface area contributed by atoms with Crippen LogP contribution in [0.3, 0.4) is 0 Å². The Morgan fingerprint density at radius 2 is 1.88 bits per heavy atom. The third-order valence-corrected chi connectivity index (χ3v) is 3.34. The lowest BCUT2D eigenvalue weighted by atomic mass is 10.2. The highest BCUT2D eigenvalue weighted by Crippen LogP contribution is 2.23. The van der Waals surface area contributed by atoms with Crippen LogP contribution >= 0.6 is 15.9 Å². The van der Waals surface area contributed by atoms with Crippen molar-refractivity contribution in [3.63, 3.8) is 0 Å². The fourth-order valence-electron chi connectivity index (χ4n) is 1.76. The van der Waals surface area contributed by atoms with Crippen LogP contribution < -0.4 is 4.74 Å². The van der Waals surface area contributed by atoms with Crippen molar-refractivity contribution in [3.05, 3.63) is 41.0 Å². The average Bonchev–Trinajstić information content (AvgIpc) is 2.97. The molecule has 0 amide bonds. The molecule has 132 valence electrons. The van der Waals surface area contributed by atoms with E-state index in [1.165, 1.54) is 0 Å². The number of nitrogens with zero attached hydrogens (tertiary/aromatic N) is 2. The predicted molar refractivity (Wildman–Crippen MR) is 87.3 cm³/mol. The fraction of sp³-hybridized carbons (Fsp3) is 0.133. The second kappa shape index (κ2) is 7.51. The van der Waals surface area contributed by atoms with Crippen LogP contribution in [0.4, 0.5) is 13.2 Å². The molecule has 0 aliphatic carbocycles. The number of rotatable bonds is 2. The van der Waals surface area contributed by atoms with Gasteiger partial charge >= 0.3 is 12.1 Å². The Balaban J connectivity index is 0.000000277. The van der Waals surface area contributed by atoms with Crippen LogP contribution in [0.2, 0.25) is 0 Å². The molecule has 2 aromatic heterocycles. The summed E-state index contributed by atoms with van der Waals surface area (Å²) < 4.78 is 37.8. The van der Waals surface area contributed by atoms with Crippen LogP contribution in [0, 0.1) is 0 Å². The molecule has 2 N–H and O–H groups in total. The van der Waals surface area contributed by atoms with Gasteiger partial charge in [-0.1, -0.05) is 0 Å². The van der Waals surface area contributed by atoms with Gasteiger partial charge in [-0.25, -0.2) is 14.8 Å². The second-order valence-electron chi connectivity index (χ2n) is 4.64. The summed E-state index contributed by atoms with van der Waals surface area (Å²) in [4.78, 5) is 20.8. The second-order valence-corrected chi connectivity index (χ2v) is 5.56. The Kier molecular flexibility index (Phi) is 5.62. The molecule has 0 unspecified atom stereocenters. The molecule has 2 heterocycles. The predicted octanol–water partition coefficient (Wildman–Crippen LogP) is 4.03. The van der Waals surface area contributed by atoms with E-state index < -0.39 is 12.1 Å². The van der Waals surface area contributed by atoms with Crippen molar-refractivity contribution in [1.82, 2.24) is 15.0 Å². The van der Waals surface area contributed by atoms with Crippen LogP contribution in [-0.4, -0.2) is 39.3 Å². The number of H-pyrrole nitrogens is 1. The number of carbonyl (C=O) groups is 1. The first-order chi connectivity index (χ1) is 11.7. The van der Waals surface area contributed by atoms with Crippen molar-refractivity contribution >= 4 is 33.1 Å². The van der Waals surface area contributed by atoms with E-state index in [-0.39, 0.29) is 0 Å². The Morgan fingerprint density at radius 3 is 2.40 bits per heavy atom. The van der Waals surface area contributed by atoms with Crippen molar-refractivity contribution in [2.24, 2.45) is 0 Å². The number of carboxylic acids is 1. The van der Waals surface area contributed by atoms with Crippen molar-refractivity contribution in [2.45, 2.75) is 6.18 Å². The molecule has 3 aromatic rings. The molecule has 0 bridgehead atoms. The normalized spacial score (nSPS) is 10.9. The van der Waals surface area contributed by atoms with Gasteiger partial charge in [0.2, 0.25) is 0 Å². The Hall–Kier alpha value is -2.62. The van der Waals surface area contributed by atoms with Crippen molar-refractivity contribution in [2.75, 3.05) is 7.11 Å². The minimum Gasteiger partial charge on any atom is -0.497 e. The summed E-state index contributed by atoms with van der Waals surface area (Å²) in [6.07, 6.45) is -3.35. The molecule has 0 saturated carbocycles. The molecular weight excluding hydrogens is 407 g/mol. The Labute approximate surface area is 147 Å². The third kappa shape index (κ3) is 4.92. The summed E-state index contributed by atoms with van der Waals surface area (Å²) in [5, 5.41) is 7.12. The van der Waals surface area contributed by atoms with E-state index >= 15 is 0 Å². The molecular formula is C15H11BrF3N3O3. The number of aromatic amines is 1. The molecule has 0 radical (unpaired) electrons. The lowest BCUT2D eigenvalue weighted by molar-refractivity contribution is -0.192. The van der Waals surface area contributed by atoms with E-state index in [9.17, 15) is 13.2 Å². The largest absolute Gasteiger partial charge is 0.497 e. The maximum atomic E-state index is 10.6. The van der Waals surface area contributed by atoms with Crippen LogP contribution in [0.25, 0.3) is 22.6 Å². The number of halogens is 4. The van der Waals surface area contributed by atoms with Crippen molar-refractivity contribution in [1.29, 1.82) is 0 Å². The van der Waals surface area contributed by atoms with E-state index in [1.54, 1.807) is 13.3 Å². The summed E-state index contributed by atoms with van der Waals surface area (Å²) in [5.41, 5.74) is 2.63. The number of hydrogen-bond acceptors (Lipinski definition) is 4. The zero-order chi connectivity index (χ0) is 18.6. The maximum absolute atomic E-state index is 10.6. The van der Waals surface area contributed by atoms with Crippen molar-refractivity contribution in [3.8, 4) is 17.1 Å². The summed E-state index contributed by atoms with van der Waals surface area (Å²) >= 11 is 3.39. The number of aromatic nitrogens is 3. The lowest BCUT2D eigenvalue weighted by Gasteiger charge is -2.00. The van der Waals surface area contributed by atoms with E-state index in [2.05, 4.69) is 30.9 Å². The number of hydrogen-bond donors (Lipinski definition) is 2. The van der Waals surface area contributed by atoms with E-state index in [4.69, 9.17) is 14.6 Å². The van der Waals surface area contributed by atoms with E-state index in [1.807, 2.05) is 30.3 Å². The summed E-state index contributed by atoms with van der Waals surface area (Å²) in [5.74, 6) is -1.12. The van der Waals surface area contributed by atoms with Gasteiger partial charge in [0.05, 0.1) is 12.6 Å². The highest BCUT2D eigenvalue weighted by molar-refractivity contribution is 9.10. The van der Waals surface area contributed by atoms with Crippen LogP contribution in [0.1, 0.15) is 0 Å². The molecule has 0 fully saturated rings. The monoisotopic (exact) mass is 417 g/mol. The zero-order valence-corrected chi connectivity index (χ0v) is 14.2. The van der Waals surface area contributed by atoms with Gasteiger partial charge in [0, 0.05) is 16.2 Å². The van der Waals surface area contributed by atoms with Gasteiger partial charge in [-0.3, -0.25) is 0 Å². The first-order valence-corrected chi connectivity index (χ1v) is 7.46. The van der Waals surface area contributed by atoms with Crippen LogP contribution in [-0.2, 0) is 4.79 Å². The average molecular weight is 418 g/mol. The first kappa shape index (κ1) is 18.7. The highest BCUT2D eigenvalue weighted by Gasteiger charge is 2.38. The number of carboxylic acid groups (broad SMARTS) is 1. The van der Waals surface area contributed by atoms with Gasteiger partial charge in [0.15, 0.2) is 5.65 Å². The number of imidazole rings is 1. The SMILES string of the molecule is COc1ccc(-c2nc3ncc(Br)cc3[nH]2)cc1.O=C(O)C(F)(F)F. The number of nitrogens with one attached hydrogen (secondary N) is 1.